The number of nitrogens with two attached hydrogens (primary N) is 1. The molecule has 1 aromatic carbocycles. The molecular formula is C17H27ClN2O5. The van der Waals surface area contributed by atoms with Crippen LogP contribution in [0.1, 0.15) is 19.4 Å². The fourth-order valence-corrected chi connectivity index (χ4v) is 2.18. The normalized spacial score (nSPS) is 11.2. The highest BCUT2D eigenvalue weighted by Crippen LogP contribution is 2.16. The van der Waals surface area contributed by atoms with E-state index >= 15 is 0 Å². The zero-order chi connectivity index (χ0) is 17.9. The van der Waals surface area contributed by atoms with Crippen LogP contribution in [0.3, 0.4) is 0 Å². The number of hydrogen-bond donors (Lipinski definition) is 2. The van der Waals surface area contributed by atoms with Crippen molar-refractivity contribution in [3.05, 3.63) is 29.8 Å². The molecule has 0 aliphatic rings. The largest absolute Gasteiger partial charge is 0.464 e. The molecule has 0 saturated heterocycles. The number of rotatable bonds is 10. The summed E-state index contributed by atoms with van der Waals surface area (Å²) in [4.78, 5) is 23.8. The Bertz CT molecular complexity index is 504. The zero-order valence-corrected chi connectivity index (χ0v) is 15.5. The van der Waals surface area contributed by atoms with Crippen molar-refractivity contribution in [3.63, 3.8) is 0 Å². The molecule has 7 nitrogen and oxygen atoms in total. The molecule has 0 aliphatic heterocycles. The first-order valence-electron chi connectivity index (χ1n) is 7.89. The van der Waals surface area contributed by atoms with Crippen LogP contribution >= 0.6 is 12.4 Å². The van der Waals surface area contributed by atoms with Gasteiger partial charge in [-0.15, -0.1) is 12.4 Å². The Hall–Kier alpha value is -1.83. The van der Waals surface area contributed by atoms with Crippen LogP contribution in [0.2, 0.25) is 0 Å². The fraction of sp³-hybridized carbons (Fsp3) is 0.529. The summed E-state index contributed by atoms with van der Waals surface area (Å²) in [6.45, 7) is 4.18. The minimum absolute atomic E-state index is 0. The molecule has 0 saturated carbocycles. The Morgan fingerprint density at radius 1 is 1.08 bits per heavy atom. The molecule has 1 rings (SSSR count). The van der Waals surface area contributed by atoms with Crippen molar-refractivity contribution in [1.82, 2.24) is 0 Å². The smallest absolute Gasteiger partial charge is 0.302 e. The second-order valence-electron chi connectivity index (χ2n) is 5.48. The second kappa shape index (κ2) is 12.5. The SMILES string of the molecule is CC(=O)OCCN(CCOC(C)=O)c1ccc(CC(N)CO)cc1.Cl. The van der Waals surface area contributed by atoms with Gasteiger partial charge >= 0.3 is 11.9 Å². The van der Waals surface area contributed by atoms with Gasteiger partial charge in [-0.3, -0.25) is 9.59 Å². The van der Waals surface area contributed by atoms with Crippen molar-refractivity contribution in [2.45, 2.75) is 26.3 Å². The second-order valence-corrected chi connectivity index (χ2v) is 5.48. The Morgan fingerprint density at radius 3 is 1.96 bits per heavy atom. The number of aliphatic hydroxyl groups excluding tert-OH is 1. The molecule has 3 N–H and O–H groups in total. The predicted octanol–water partition coefficient (Wildman–Crippen LogP) is 0.903. The molecule has 1 aromatic rings. The molecule has 0 fully saturated rings. The molecule has 0 aromatic heterocycles. The van der Waals surface area contributed by atoms with Crippen LogP contribution in [-0.2, 0) is 25.5 Å². The maximum atomic E-state index is 10.9. The number of esters is 2. The van der Waals surface area contributed by atoms with Crippen LogP contribution in [-0.4, -0.2) is 56.0 Å². The number of benzene rings is 1. The van der Waals surface area contributed by atoms with Gasteiger partial charge in [-0.2, -0.15) is 0 Å². The van der Waals surface area contributed by atoms with Crippen LogP contribution < -0.4 is 10.6 Å². The van der Waals surface area contributed by atoms with E-state index in [0.717, 1.165) is 11.3 Å². The van der Waals surface area contributed by atoms with E-state index in [2.05, 4.69) is 0 Å². The minimum atomic E-state index is -0.330. The number of carbonyl (C=O) groups is 2. The number of halogens is 1. The Labute approximate surface area is 154 Å². The lowest BCUT2D eigenvalue weighted by Crippen LogP contribution is -2.32. The highest BCUT2D eigenvalue weighted by atomic mass is 35.5. The molecule has 142 valence electrons. The Morgan fingerprint density at radius 2 is 1.56 bits per heavy atom. The van der Waals surface area contributed by atoms with E-state index < -0.39 is 0 Å². The molecule has 1 unspecified atom stereocenters. The first-order chi connectivity index (χ1) is 11.4. The summed E-state index contributed by atoms with van der Waals surface area (Å²) in [6.07, 6.45) is 0.595. The van der Waals surface area contributed by atoms with Gasteiger partial charge in [0.2, 0.25) is 0 Å². The lowest BCUT2D eigenvalue weighted by Gasteiger charge is -2.24. The molecule has 0 heterocycles. The molecule has 0 aliphatic carbocycles. The van der Waals surface area contributed by atoms with Crippen LogP contribution in [0.4, 0.5) is 5.69 Å². The molecular weight excluding hydrogens is 348 g/mol. The fourth-order valence-electron chi connectivity index (χ4n) is 2.18. The third-order valence-corrected chi connectivity index (χ3v) is 3.37. The van der Waals surface area contributed by atoms with Gasteiger partial charge < -0.3 is 25.2 Å². The van der Waals surface area contributed by atoms with E-state index in [0.29, 0.717) is 19.5 Å². The van der Waals surface area contributed by atoms with E-state index in [1.165, 1.54) is 13.8 Å². The van der Waals surface area contributed by atoms with E-state index in [1.807, 2.05) is 29.2 Å². The number of aliphatic hydroxyl groups is 1. The predicted molar refractivity (Wildman–Crippen MR) is 97.9 cm³/mol. The zero-order valence-electron chi connectivity index (χ0n) is 14.6. The average molecular weight is 375 g/mol. The quantitative estimate of drug-likeness (QED) is 0.586. The van der Waals surface area contributed by atoms with Crippen LogP contribution in [0.15, 0.2) is 24.3 Å². The minimum Gasteiger partial charge on any atom is -0.464 e. The van der Waals surface area contributed by atoms with Crippen LogP contribution in [0.5, 0.6) is 0 Å². The standard InChI is InChI=1S/C17H26N2O5.ClH/c1-13(21)23-9-7-19(8-10-24-14(2)22)17-5-3-15(4-6-17)11-16(18)12-20;/h3-6,16,20H,7-12,18H2,1-2H3;1H. The van der Waals surface area contributed by atoms with E-state index in [1.54, 1.807) is 0 Å². The van der Waals surface area contributed by atoms with Gasteiger partial charge in [-0.25, -0.2) is 0 Å². The molecule has 25 heavy (non-hydrogen) atoms. The van der Waals surface area contributed by atoms with Crippen molar-refractivity contribution in [3.8, 4) is 0 Å². The third-order valence-electron chi connectivity index (χ3n) is 3.37. The Kier molecular flexibility index (Phi) is 11.6. The highest BCUT2D eigenvalue weighted by Gasteiger charge is 2.09. The van der Waals surface area contributed by atoms with Gasteiger partial charge in [0.05, 0.1) is 19.7 Å². The Balaban J connectivity index is 0.00000576. The van der Waals surface area contributed by atoms with Crippen molar-refractivity contribution in [2.24, 2.45) is 5.73 Å². The molecule has 0 amide bonds. The lowest BCUT2D eigenvalue weighted by molar-refractivity contribution is -0.141. The summed E-state index contributed by atoms with van der Waals surface area (Å²) < 4.78 is 9.96. The molecule has 0 bridgehead atoms. The number of ether oxygens (including phenoxy) is 2. The van der Waals surface area contributed by atoms with Crippen molar-refractivity contribution in [2.75, 3.05) is 37.8 Å². The lowest BCUT2D eigenvalue weighted by atomic mass is 10.1. The van der Waals surface area contributed by atoms with Crippen LogP contribution in [0, 0.1) is 0 Å². The number of carbonyl (C=O) groups excluding carboxylic acids is 2. The van der Waals surface area contributed by atoms with Gasteiger partial charge in [0.15, 0.2) is 0 Å². The van der Waals surface area contributed by atoms with Crippen molar-refractivity contribution >= 4 is 30.0 Å². The van der Waals surface area contributed by atoms with Crippen LogP contribution in [0.25, 0.3) is 0 Å². The van der Waals surface area contributed by atoms with E-state index in [4.69, 9.17) is 20.3 Å². The summed E-state index contributed by atoms with van der Waals surface area (Å²) in [5.74, 6) is -0.661. The summed E-state index contributed by atoms with van der Waals surface area (Å²) >= 11 is 0. The van der Waals surface area contributed by atoms with Gasteiger partial charge in [0.1, 0.15) is 13.2 Å². The maximum absolute atomic E-state index is 10.9. The first kappa shape index (κ1) is 23.2. The molecule has 8 heteroatoms. The number of hydrogen-bond acceptors (Lipinski definition) is 7. The molecule has 0 spiro atoms. The molecule has 1 atom stereocenters. The summed E-state index contributed by atoms with van der Waals surface area (Å²) in [5, 5.41) is 9.01. The summed E-state index contributed by atoms with van der Waals surface area (Å²) in [5.41, 5.74) is 7.69. The summed E-state index contributed by atoms with van der Waals surface area (Å²) in [6, 6.07) is 7.47. The average Bonchev–Trinajstić information content (AvgIpc) is 2.53. The van der Waals surface area contributed by atoms with Gasteiger partial charge in [-0.05, 0) is 24.1 Å². The summed E-state index contributed by atoms with van der Waals surface area (Å²) in [7, 11) is 0. The van der Waals surface area contributed by atoms with Crippen molar-refractivity contribution in [1.29, 1.82) is 0 Å². The number of anilines is 1. The highest BCUT2D eigenvalue weighted by molar-refractivity contribution is 5.85. The topological polar surface area (TPSA) is 102 Å². The maximum Gasteiger partial charge on any atom is 0.302 e. The number of nitrogens with zero attached hydrogens (tertiary/aromatic N) is 1. The monoisotopic (exact) mass is 374 g/mol. The van der Waals surface area contributed by atoms with Crippen molar-refractivity contribution < 1.29 is 24.2 Å². The van der Waals surface area contributed by atoms with Gasteiger partial charge in [0, 0.05) is 25.6 Å². The first-order valence-corrected chi connectivity index (χ1v) is 7.89. The van der Waals surface area contributed by atoms with E-state index in [-0.39, 0.29) is 50.2 Å². The third kappa shape index (κ3) is 9.91. The molecule has 0 radical (unpaired) electrons. The van der Waals surface area contributed by atoms with Gasteiger partial charge in [-0.1, -0.05) is 12.1 Å². The van der Waals surface area contributed by atoms with E-state index in [9.17, 15) is 9.59 Å². The van der Waals surface area contributed by atoms with Gasteiger partial charge in [0.25, 0.3) is 0 Å².